The number of aliphatic carboxylic acids is 1. The number of carboxylic acid groups (broad SMARTS) is 1. The van der Waals surface area contributed by atoms with Gasteiger partial charge >= 0.3 is 18.3 Å². The number of carbonyl (C=O) groups is 2. The van der Waals surface area contributed by atoms with Crippen LogP contribution in [-0.4, -0.2) is 55.7 Å². The largest absolute Gasteiger partial charge is 0.481 e. The van der Waals surface area contributed by atoms with Gasteiger partial charge in [-0.25, -0.2) is 12.8 Å². The summed E-state index contributed by atoms with van der Waals surface area (Å²) in [5.74, 6) is -3.37. The second kappa shape index (κ2) is 13.6. The summed E-state index contributed by atoms with van der Waals surface area (Å²) in [4.78, 5) is 25.9. The summed E-state index contributed by atoms with van der Waals surface area (Å²) in [6.07, 6.45) is -13.0. The molecule has 15 heteroatoms. The van der Waals surface area contributed by atoms with Crippen LogP contribution in [0.25, 0.3) is 0 Å². The zero-order valence-corrected chi connectivity index (χ0v) is 27.5. The molecule has 7 nitrogen and oxygen atoms in total. The van der Waals surface area contributed by atoms with Gasteiger partial charge < -0.3 is 14.7 Å². The molecular formula is C35H34F7NO6S. The van der Waals surface area contributed by atoms with Crippen molar-refractivity contribution in [1.82, 2.24) is 4.90 Å². The van der Waals surface area contributed by atoms with Gasteiger partial charge in [-0.2, -0.15) is 26.3 Å². The molecule has 3 aromatic rings. The Morgan fingerprint density at radius 1 is 0.840 bits per heavy atom. The van der Waals surface area contributed by atoms with E-state index < -0.39 is 80.3 Å². The number of benzene rings is 3. The lowest BCUT2D eigenvalue weighted by molar-refractivity contribution is -0.399. The minimum absolute atomic E-state index is 0.0542. The minimum Gasteiger partial charge on any atom is -0.481 e. The first-order valence-corrected chi connectivity index (χ1v) is 17.3. The number of halogens is 7. The van der Waals surface area contributed by atoms with E-state index in [2.05, 4.69) is 0 Å². The third kappa shape index (κ3) is 6.61. The van der Waals surface area contributed by atoms with Gasteiger partial charge in [0.1, 0.15) is 10.6 Å². The van der Waals surface area contributed by atoms with E-state index in [0.717, 1.165) is 43.3 Å². The standard InChI is InChI=1S/C35H34F7NO6S/c1-22(23-5-3-2-4-6-23)49-33(34(37,38)39,35(40,41)42)27-13-11-26(12-14-27)32(50(47,48)29-17-15-28(36)16-18-29)19-20-43(21-32)30(44)24-7-9-25(10-8-24)31(45)46/h2-6,11-18,22,24-25H,7-10,19-21H2,1H3,(H,45,46)/t22-,24-,25-,32+/m1/s1. The number of rotatable bonds is 9. The minimum atomic E-state index is -6.01. The quantitative estimate of drug-likeness (QED) is 0.179. The Balaban J connectivity index is 1.57. The van der Waals surface area contributed by atoms with Crippen molar-refractivity contribution in [3.05, 3.63) is 101 Å². The molecule has 1 aliphatic heterocycles. The number of carboxylic acids is 1. The van der Waals surface area contributed by atoms with Gasteiger partial charge in [0.2, 0.25) is 5.91 Å². The van der Waals surface area contributed by atoms with Crippen molar-refractivity contribution >= 4 is 21.7 Å². The molecule has 0 unspecified atom stereocenters. The molecule has 2 aliphatic rings. The lowest BCUT2D eigenvalue weighted by atomic mass is 9.81. The number of nitrogens with zero attached hydrogens (tertiary/aromatic N) is 1. The molecule has 3 aromatic carbocycles. The molecule has 0 spiro atoms. The highest BCUT2D eigenvalue weighted by atomic mass is 32.2. The van der Waals surface area contributed by atoms with E-state index in [9.17, 15) is 53.8 Å². The maximum atomic E-state index is 14.7. The fourth-order valence-corrected chi connectivity index (χ4v) is 9.10. The average molecular weight is 730 g/mol. The van der Waals surface area contributed by atoms with Crippen molar-refractivity contribution < 1.29 is 58.6 Å². The van der Waals surface area contributed by atoms with Crippen LogP contribution < -0.4 is 0 Å². The molecule has 1 aliphatic carbocycles. The number of amides is 1. The Bertz CT molecular complexity index is 1780. The summed E-state index contributed by atoms with van der Waals surface area (Å²) < 4.78 is 133. The Morgan fingerprint density at radius 2 is 1.38 bits per heavy atom. The van der Waals surface area contributed by atoms with Gasteiger partial charge in [0.25, 0.3) is 5.60 Å². The third-order valence-corrected chi connectivity index (χ3v) is 12.3. The second-order valence-corrected chi connectivity index (χ2v) is 15.0. The number of hydrogen-bond acceptors (Lipinski definition) is 5. The fraction of sp³-hybridized carbons (Fsp3) is 0.429. The molecule has 1 heterocycles. The highest BCUT2D eigenvalue weighted by molar-refractivity contribution is 7.92. The van der Waals surface area contributed by atoms with E-state index in [1.165, 1.54) is 35.2 Å². The Morgan fingerprint density at radius 3 is 1.90 bits per heavy atom. The van der Waals surface area contributed by atoms with E-state index in [1.54, 1.807) is 0 Å². The van der Waals surface area contributed by atoms with Crippen molar-refractivity contribution in [3.63, 3.8) is 0 Å². The average Bonchev–Trinajstić information content (AvgIpc) is 3.54. The molecule has 0 bridgehead atoms. The van der Waals surface area contributed by atoms with E-state index in [-0.39, 0.29) is 54.7 Å². The van der Waals surface area contributed by atoms with Crippen LogP contribution in [0.5, 0.6) is 0 Å². The number of likely N-dealkylation sites (tertiary alicyclic amines) is 1. The third-order valence-electron chi connectivity index (χ3n) is 9.85. The van der Waals surface area contributed by atoms with E-state index in [4.69, 9.17) is 4.74 Å². The van der Waals surface area contributed by atoms with Gasteiger partial charge in [-0.05, 0) is 74.4 Å². The molecule has 0 radical (unpaired) electrons. The number of hydrogen-bond donors (Lipinski definition) is 1. The van der Waals surface area contributed by atoms with Crippen molar-refractivity contribution in [1.29, 1.82) is 0 Å². The molecule has 2 atom stereocenters. The molecular weight excluding hydrogens is 695 g/mol. The second-order valence-electron chi connectivity index (χ2n) is 12.8. The summed E-state index contributed by atoms with van der Waals surface area (Å²) in [7, 11) is -4.56. The van der Waals surface area contributed by atoms with Crippen LogP contribution in [0.4, 0.5) is 30.7 Å². The Kier molecular flexibility index (Phi) is 10.2. The van der Waals surface area contributed by atoms with Crippen molar-refractivity contribution in [3.8, 4) is 0 Å². The maximum absolute atomic E-state index is 14.7. The first-order valence-electron chi connectivity index (χ1n) is 15.8. The SMILES string of the molecule is C[C@@H](OC(c1ccc([C@]2(S(=O)(=O)c3ccc(F)cc3)CCN(C(=O)[C@H]3CC[C@H](C(=O)O)CC3)C2)cc1)(C(F)(F)F)C(F)(F)F)c1ccccc1. The van der Waals surface area contributed by atoms with Crippen LogP contribution in [0.15, 0.2) is 83.8 Å². The van der Waals surface area contributed by atoms with Crippen molar-refractivity contribution in [2.45, 2.75) is 72.7 Å². The lowest BCUT2D eigenvalue weighted by Crippen LogP contribution is -2.56. The van der Waals surface area contributed by atoms with Gasteiger partial charge in [0, 0.05) is 24.6 Å². The summed E-state index contributed by atoms with van der Waals surface area (Å²) in [5, 5.41) is 9.32. The molecule has 1 N–H and O–H groups in total. The van der Waals surface area contributed by atoms with E-state index >= 15 is 0 Å². The van der Waals surface area contributed by atoms with Gasteiger partial charge in [-0.15, -0.1) is 0 Å². The topological polar surface area (TPSA) is 101 Å². The van der Waals surface area contributed by atoms with Crippen LogP contribution in [0.2, 0.25) is 0 Å². The number of ether oxygens (including phenoxy) is 1. The van der Waals surface area contributed by atoms with Crippen LogP contribution >= 0.6 is 0 Å². The molecule has 2 fully saturated rings. The van der Waals surface area contributed by atoms with Crippen LogP contribution in [0.1, 0.15) is 61.8 Å². The van der Waals surface area contributed by atoms with Crippen LogP contribution in [0.3, 0.4) is 0 Å². The number of alkyl halides is 6. The molecule has 1 amide bonds. The lowest BCUT2D eigenvalue weighted by Gasteiger charge is -2.39. The summed E-state index contributed by atoms with van der Waals surface area (Å²) >= 11 is 0. The van der Waals surface area contributed by atoms with Gasteiger partial charge in [0.15, 0.2) is 9.84 Å². The van der Waals surface area contributed by atoms with E-state index in [1.807, 2.05) is 0 Å². The van der Waals surface area contributed by atoms with Gasteiger partial charge in [-0.1, -0.05) is 54.6 Å². The number of carbonyl (C=O) groups excluding carboxylic acids is 1. The van der Waals surface area contributed by atoms with Crippen molar-refractivity contribution in [2.75, 3.05) is 13.1 Å². The fourth-order valence-electron chi connectivity index (χ4n) is 7.02. The normalized spacial score (nSPS) is 22.7. The molecule has 270 valence electrons. The molecule has 5 rings (SSSR count). The zero-order valence-electron chi connectivity index (χ0n) is 26.7. The first kappa shape index (κ1) is 37.3. The van der Waals surface area contributed by atoms with Crippen LogP contribution in [0, 0.1) is 17.7 Å². The Hall–Kier alpha value is -3.98. The molecule has 50 heavy (non-hydrogen) atoms. The highest BCUT2D eigenvalue weighted by Crippen LogP contribution is 2.55. The van der Waals surface area contributed by atoms with Gasteiger partial charge in [0.05, 0.1) is 16.9 Å². The first-order chi connectivity index (χ1) is 23.3. The zero-order chi connectivity index (χ0) is 36.7. The van der Waals surface area contributed by atoms with Crippen LogP contribution in [-0.2, 0) is 34.5 Å². The summed E-state index contributed by atoms with van der Waals surface area (Å²) in [6, 6.07) is 13.6. The molecule has 1 saturated heterocycles. The molecule has 0 aromatic heterocycles. The monoisotopic (exact) mass is 729 g/mol. The molecule has 1 saturated carbocycles. The van der Waals surface area contributed by atoms with E-state index in [0.29, 0.717) is 12.1 Å². The summed E-state index contributed by atoms with van der Waals surface area (Å²) in [5.41, 5.74) is -6.26. The maximum Gasteiger partial charge on any atom is 0.430 e. The smallest absolute Gasteiger partial charge is 0.430 e. The number of sulfone groups is 1. The predicted molar refractivity (Wildman–Crippen MR) is 166 cm³/mol. The summed E-state index contributed by atoms with van der Waals surface area (Å²) in [6.45, 7) is 0.444. The van der Waals surface area contributed by atoms with Gasteiger partial charge in [-0.3, -0.25) is 9.59 Å². The highest BCUT2D eigenvalue weighted by Gasteiger charge is 2.74. The predicted octanol–water partition coefficient (Wildman–Crippen LogP) is 7.72. The van der Waals surface area contributed by atoms with Crippen molar-refractivity contribution in [2.24, 2.45) is 11.8 Å². The Labute approximate surface area is 284 Å².